The van der Waals surface area contributed by atoms with E-state index < -0.39 is 10.0 Å². The van der Waals surface area contributed by atoms with Crippen LogP contribution in [-0.4, -0.2) is 20.8 Å². The molecule has 0 aliphatic heterocycles. The van der Waals surface area contributed by atoms with E-state index >= 15 is 0 Å². The SMILES string of the molecule is CC(CCOc1cc(Br)ccc1Cl)CCS(N)(=O)=O. The molecule has 0 aliphatic carbocycles. The number of nitrogens with two attached hydrogens (primary N) is 1. The van der Waals surface area contributed by atoms with Crippen molar-refractivity contribution in [2.24, 2.45) is 11.1 Å². The molecule has 0 saturated heterocycles. The van der Waals surface area contributed by atoms with Gasteiger partial charge in [-0.25, -0.2) is 13.6 Å². The van der Waals surface area contributed by atoms with Gasteiger partial charge in [0, 0.05) is 4.47 Å². The molecule has 0 saturated carbocycles. The van der Waals surface area contributed by atoms with Crippen molar-refractivity contribution in [3.8, 4) is 5.75 Å². The largest absolute Gasteiger partial charge is 0.492 e. The molecule has 0 radical (unpaired) electrons. The van der Waals surface area contributed by atoms with Crippen LogP contribution in [0.1, 0.15) is 19.8 Å². The molecule has 1 unspecified atom stereocenters. The Labute approximate surface area is 127 Å². The highest BCUT2D eigenvalue weighted by Crippen LogP contribution is 2.28. The summed E-state index contributed by atoms with van der Waals surface area (Å²) in [7, 11) is -3.38. The first kappa shape index (κ1) is 16.8. The molecule has 1 atom stereocenters. The van der Waals surface area contributed by atoms with Gasteiger partial charge in [0.15, 0.2) is 0 Å². The Kier molecular flexibility index (Phi) is 6.59. The molecule has 108 valence electrons. The van der Waals surface area contributed by atoms with Crippen molar-refractivity contribution in [2.75, 3.05) is 12.4 Å². The van der Waals surface area contributed by atoms with E-state index in [-0.39, 0.29) is 11.7 Å². The molecule has 0 spiro atoms. The number of halogens is 2. The first-order chi connectivity index (χ1) is 8.78. The number of benzene rings is 1. The average Bonchev–Trinajstić information content (AvgIpc) is 2.30. The molecule has 2 N–H and O–H groups in total. The summed E-state index contributed by atoms with van der Waals surface area (Å²) < 4.78 is 28.1. The zero-order valence-electron chi connectivity index (χ0n) is 10.6. The maximum absolute atomic E-state index is 10.8. The van der Waals surface area contributed by atoms with Crippen molar-refractivity contribution in [3.63, 3.8) is 0 Å². The molecular formula is C12H17BrClNO3S. The molecule has 0 fully saturated rings. The fraction of sp³-hybridized carbons (Fsp3) is 0.500. The van der Waals surface area contributed by atoms with E-state index in [0.29, 0.717) is 23.8 Å². The van der Waals surface area contributed by atoms with Gasteiger partial charge in [-0.3, -0.25) is 0 Å². The fourth-order valence-corrected chi connectivity index (χ4v) is 2.71. The van der Waals surface area contributed by atoms with E-state index in [0.717, 1.165) is 10.9 Å². The Hall–Kier alpha value is -0.300. The quantitative estimate of drug-likeness (QED) is 0.801. The lowest BCUT2D eigenvalue weighted by Crippen LogP contribution is -2.18. The van der Waals surface area contributed by atoms with E-state index in [1.807, 2.05) is 13.0 Å². The molecule has 0 aromatic heterocycles. The zero-order chi connectivity index (χ0) is 14.5. The molecule has 1 rings (SSSR count). The highest BCUT2D eigenvalue weighted by atomic mass is 79.9. The van der Waals surface area contributed by atoms with Crippen molar-refractivity contribution in [2.45, 2.75) is 19.8 Å². The summed E-state index contributed by atoms with van der Waals surface area (Å²) in [6, 6.07) is 5.40. The Bertz CT molecular complexity index is 522. The second kappa shape index (κ2) is 7.47. The number of hydrogen-bond donors (Lipinski definition) is 1. The third-order valence-corrected chi connectivity index (χ3v) is 4.27. The predicted molar refractivity (Wildman–Crippen MR) is 81.0 cm³/mol. The second-order valence-electron chi connectivity index (χ2n) is 4.47. The van der Waals surface area contributed by atoms with Gasteiger partial charge in [0.05, 0.1) is 17.4 Å². The van der Waals surface area contributed by atoms with Gasteiger partial charge in [0.1, 0.15) is 5.75 Å². The van der Waals surface area contributed by atoms with Crippen LogP contribution < -0.4 is 9.88 Å². The molecule has 1 aromatic carbocycles. The van der Waals surface area contributed by atoms with Gasteiger partial charge in [-0.1, -0.05) is 34.5 Å². The van der Waals surface area contributed by atoms with E-state index in [4.69, 9.17) is 21.5 Å². The van der Waals surface area contributed by atoms with Crippen molar-refractivity contribution in [1.29, 1.82) is 0 Å². The number of rotatable bonds is 7. The third kappa shape index (κ3) is 7.15. The average molecular weight is 371 g/mol. The molecule has 7 heteroatoms. The first-order valence-electron chi connectivity index (χ1n) is 5.86. The van der Waals surface area contributed by atoms with Crippen LogP contribution in [0.25, 0.3) is 0 Å². The lowest BCUT2D eigenvalue weighted by Gasteiger charge is -2.12. The molecule has 1 aromatic rings. The second-order valence-corrected chi connectivity index (χ2v) is 7.53. The Morgan fingerprint density at radius 1 is 1.42 bits per heavy atom. The summed E-state index contributed by atoms with van der Waals surface area (Å²) in [4.78, 5) is 0. The van der Waals surface area contributed by atoms with Crippen LogP contribution in [0.2, 0.25) is 5.02 Å². The summed E-state index contributed by atoms with van der Waals surface area (Å²) in [5.41, 5.74) is 0. The van der Waals surface area contributed by atoms with Crippen molar-refractivity contribution in [1.82, 2.24) is 0 Å². The Morgan fingerprint density at radius 3 is 2.74 bits per heavy atom. The van der Waals surface area contributed by atoms with Gasteiger partial charge in [-0.05, 0) is 37.0 Å². The Morgan fingerprint density at radius 2 is 2.11 bits per heavy atom. The molecule has 0 bridgehead atoms. The van der Waals surface area contributed by atoms with Gasteiger partial charge >= 0.3 is 0 Å². The number of sulfonamides is 1. The van der Waals surface area contributed by atoms with Crippen LogP contribution in [0.5, 0.6) is 5.75 Å². The van der Waals surface area contributed by atoms with Crippen molar-refractivity contribution in [3.05, 3.63) is 27.7 Å². The molecule has 4 nitrogen and oxygen atoms in total. The van der Waals surface area contributed by atoms with Crippen LogP contribution >= 0.6 is 27.5 Å². The summed E-state index contributed by atoms with van der Waals surface area (Å²) in [5.74, 6) is 0.852. The highest BCUT2D eigenvalue weighted by molar-refractivity contribution is 9.10. The van der Waals surface area contributed by atoms with E-state index in [1.165, 1.54) is 0 Å². The van der Waals surface area contributed by atoms with Gasteiger partial charge in [-0.15, -0.1) is 0 Å². The van der Waals surface area contributed by atoms with Crippen LogP contribution in [0.15, 0.2) is 22.7 Å². The number of primary sulfonamides is 1. The van der Waals surface area contributed by atoms with Crippen LogP contribution in [0, 0.1) is 5.92 Å². The van der Waals surface area contributed by atoms with E-state index in [1.54, 1.807) is 12.1 Å². The van der Waals surface area contributed by atoms with E-state index in [9.17, 15) is 8.42 Å². The van der Waals surface area contributed by atoms with Crippen LogP contribution in [0.3, 0.4) is 0 Å². The molecular weight excluding hydrogens is 354 g/mol. The van der Waals surface area contributed by atoms with Gasteiger partial charge in [0.2, 0.25) is 10.0 Å². The zero-order valence-corrected chi connectivity index (χ0v) is 13.8. The number of ether oxygens (including phenoxy) is 1. The Balaban J connectivity index is 2.35. The van der Waals surface area contributed by atoms with Crippen LogP contribution in [0.4, 0.5) is 0 Å². The highest BCUT2D eigenvalue weighted by Gasteiger charge is 2.09. The third-order valence-electron chi connectivity index (χ3n) is 2.66. The summed E-state index contributed by atoms with van der Waals surface area (Å²) >= 11 is 9.34. The maximum atomic E-state index is 10.8. The predicted octanol–water partition coefficient (Wildman–Crippen LogP) is 3.19. The van der Waals surface area contributed by atoms with E-state index in [2.05, 4.69) is 15.9 Å². The monoisotopic (exact) mass is 369 g/mol. The molecule has 0 amide bonds. The van der Waals surface area contributed by atoms with Gasteiger partial charge in [-0.2, -0.15) is 0 Å². The van der Waals surface area contributed by atoms with Gasteiger partial charge < -0.3 is 4.74 Å². The molecule has 0 heterocycles. The summed E-state index contributed by atoms with van der Waals surface area (Å²) in [6.07, 6.45) is 1.28. The lowest BCUT2D eigenvalue weighted by molar-refractivity contribution is 0.282. The smallest absolute Gasteiger partial charge is 0.209 e. The van der Waals surface area contributed by atoms with Crippen LogP contribution in [-0.2, 0) is 10.0 Å². The lowest BCUT2D eigenvalue weighted by atomic mass is 10.1. The molecule has 19 heavy (non-hydrogen) atoms. The standard InChI is InChI=1S/C12H17BrClNO3S/c1-9(5-7-19(15,16)17)4-6-18-12-8-10(13)2-3-11(12)14/h2-3,8-9H,4-7H2,1H3,(H2,15,16,17). The maximum Gasteiger partial charge on any atom is 0.209 e. The summed E-state index contributed by atoms with van der Waals surface area (Å²) in [5, 5.41) is 5.51. The molecule has 0 aliphatic rings. The number of hydrogen-bond acceptors (Lipinski definition) is 3. The minimum Gasteiger partial charge on any atom is -0.492 e. The van der Waals surface area contributed by atoms with Gasteiger partial charge in [0.25, 0.3) is 0 Å². The topological polar surface area (TPSA) is 69.4 Å². The summed E-state index contributed by atoms with van der Waals surface area (Å²) in [6.45, 7) is 2.46. The van der Waals surface area contributed by atoms with Crippen molar-refractivity contribution >= 4 is 37.6 Å². The minimum absolute atomic E-state index is 0.00576. The van der Waals surface area contributed by atoms with Crippen molar-refractivity contribution < 1.29 is 13.2 Å². The normalized spacial score (nSPS) is 13.3. The first-order valence-corrected chi connectivity index (χ1v) is 8.75. The minimum atomic E-state index is -3.38. The fourth-order valence-electron chi connectivity index (χ4n) is 1.47.